The summed E-state index contributed by atoms with van der Waals surface area (Å²) in [6, 6.07) is 7.22. The van der Waals surface area contributed by atoms with Gasteiger partial charge in [0.2, 0.25) is 0 Å². The van der Waals surface area contributed by atoms with E-state index < -0.39 is 6.10 Å². The Labute approximate surface area is 115 Å². The van der Waals surface area contributed by atoms with Gasteiger partial charge in [0.15, 0.2) is 0 Å². The number of aliphatic hydroxyl groups is 1. The normalized spacial score (nSPS) is 12.8. The number of aliphatic hydroxyl groups excluding tert-OH is 1. The predicted molar refractivity (Wildman–Crippen MR) is 74.3 cm³/mol. The van der Waals surface area contributed by atoms with Crippen molar-refractivity contribution in [1.82, 2.24) is 0 Å². The summed E-state index contributed by atoms with van der Waals surface area (Å²) in [6.07, 6.45) is -0.763. The maximum atomic E-state index is 10.4. The average molecular weight is 287 g/mol. The number of thiophene rings is 1. The van der Waals surface area contributed by atoms with Crippen molar-refractivity contribution in [3.8, 4) is 0 Å². The van der Waals surface area contributed by atoms with Crippen LogP contribution in [0.3, 0.4) is 0 Å². The first-order valence-corrected chi connectivity index (χ1v) is 6.77. The molecule has 2 aromatic rings. The molecule has 17 heavy (non-hydrogen) atoms. The second-order valence-corrected chi connectivity index (χ2v) is 6.18. The largest absolute Gasteiger partial charge is 0.384 e. The lowest BCUT2D eigenvalue weighted by atomic mass is 10.0. The van der Waals surface area contributed by atoms with E-state index in [4.69, 9.17) is 23.2 Å². The molecule has 1 heterocycles. The van der Waals surface area contributed by atoms with E-state index >= 15 is 0 Å². The highest BCUT2D eigenvalue weighted by atomic mass is 35.5. The maximum Gasteiger partial charge on any atom is 0.108 e. The van der Waals surface area contributed by atoms with E-state index in [1.807, 2.05) is 19.9 Å². The van der Waals surface area contributed by atoms with Crippen molar-refractivity contribution in [2.75, 3.05) is 0 Å². The number of benzene rings is 1. The van der Waals surface area contributed by atoms with Crippen LogP contribution < -0.4 is 0 Å². The molecule has 0 aliphatic carbocycles. The van der Waals surface area contributed by atoms with Crippen LogP contribution in [0.4, 0.5) is 0 Å². The molecule has 0 saturated heterocycles. The van der Waals surface area contributed by atoms with Gasteiger partial charge in [-0.25, -0.2) is 0 Å². The van der Waals surface area contributed by atoms with Crippen LogP contribution in [-0.2, 0) is 0 Å². The van der Waals surface area contributed by atoms with Gasteiger partial charge in [-0.1, -0.05) is 29.3 Å². The summed E-state index contributed by atoms with van der Waals surface area (Å²) in [7, 11) is 0. The Kier molecular flexibility index (Phi) is 3.79. The molecular weight excluding hydrogens is 275 g/mol. The molecule has 90 valence electrons. The van der Waals surface area contributed by atoms with Crippen molar-refractivity contribution in [2.45, 2.75) is 20.0 Å². The van der Waals surface area contributed by atoms with E-state index in [0.717, 1.165) is 10.4 Å². The maximum absolute atomic E-state index is 10.4. The first-order valence-electron chi connectivity index (χ1n) is 5.19. The number of rotatable bonds is 2. The second-order valence-electron chi connectivity index (χ2n) is 3.91. The Morgan fingerprint density at radius 1 is 1.18 bits per heavy atom. The van der Waals surface area contributed by atoms with Gasteiger partial charge in [0.1, 0.15) is 6.10 Å². The predicted octanol–water partition coefficient (Wildman–Crippen LogP) is 4.75. The van der Waals surface area contributed by atoms with Crippen molar-refractivity contribution in [2.24, 2.45) is 0 Å². The number of aryl methyl sites for hydroxylation is 2. The molecule has 0 aliphatic rings. The zero-order valence-electron chi connectivity index (χ0n) is 9.50. The van der Waals surface area contributed by atoms with Crippen LogP contribution in [0.5, 0.6) is 0 Å². The van der Waals surface area contributed by atoms with Gasteiger partial charge < -0.3 is 5.11 Å². The lowest BCUT2D eigenvalue weighted by molar-refractivity contribution is 0.220. The fourth-order valence-corrected chi connectivity index (χ4v) is 3.41. The number of hydrogen-bond donors (Lipinski definition) is 1. The Bertz CT molecular complexity index is 528. The molecule has 1 nitrogen and oxygen atoms in total. The molecule has 0 fully saturated rings. The fourth-order valence-electron chi connectivity index (χ4n) is 1.85. The van der Waals surface area contributed by atoms with Crippen molar-refractivity contribution < 1.29 is 5.11 Å². The second kappa shape index (κ2) is 4.99. The third kappa shape index (κ3) is 2.50. The zero-order valence-corrected chi connectivity index (χ0v) is 11.8. The molecule has 1 aromatic carbocycles. The minimum Gasteiger partial charge on any atom is -0.384 e. The molecule has 1 aromatic heterocycles. The Morgan fingerprint density at radius 3 is 2.24 bits per heavy atom. The molecule has 1 unspecified atom stereocenters. The van der Waals surface area contributed by atoms with E-state index in [1.165, 1.54) is 4.88 Å². The summed E-state index contributed by atoms with van der Waals surface area (Å²) >= 11 is 13.8. The lowest BCUT2D eigenvalue weighted by Crippen LogP contribution is -2.01. The first-order chi connectivity index (χ1) is 8.00. The van der Waals surface area contributed by atoms with E-state index in [2.05, 4.69) is 0 Å². The van der Waals surface area contributed by atoms with Gasteiger partial charge in [-0.2, -0.15) is 0 Å². The third-order valence-corrected chi connectivity index (χ3v) is 4.29. The minimum atomic E-state index is -0.763. The van der Waals surface area contributed by atoms with Gasteiger partial charge in [0, 0.05) is 25.4 Å². The zero-order chi connectivity index (χ0) is 12.6. The van der Waals surface area contributed by atoms with Crippen LogP contribution in [-0.4, -0.2) is 5.11 Å². The summed E-state index contributed by atoms with van der Waals surface area (Å²) in [5, 5.41) is 11.4. The fraction of sp³-hybridized carbons (Fsp3) is 0.231. The molecule has 0 spiro atoms. The summed E-state index contributed by atoms with van der Waals surface area (Å²) in [5.41, 5.74) is 1.46. The molecule has 2 rings (SSSR count). The van der Waals surface area contributed by atoms with Crippen molar-refractivity contribution in [3.05, 3.63) is 55.2 Å². The Morgan fingerprint density at radius 2 is 1.76 bits per heavy atom. The Hall–Kier alpha value is -0.540. The molecule has 0 saturated carbocycles. The van der Waals surface area contributed by atoms with E-state index in [9.17, 15) is 5.11 Å². The van der Waals surface area contributed by atoms with Crippen LogP contribution in [0.2, 0.25) is 10.0 Å². The van der Waals surface area contributed by atoms with Gasteiger partial charge in [0.25, 0.3) is 0 Å². The van der Waals surface area contributed by atoms with Crippen LogP contribution in [0.25, 0.3) is 0 Å². The highest BCUT2D eigenvalue weighted by molar-refractivity contribution is 7.12. The van der Waals surface area contributed by atoms with Crippen molar-refractivity contribution in [3.63, 3.8) is 0 Å². The monoisotopic (exact) mass is 286 g/mol. The molecule has 0 bridgehead atoms. The molecule has 4 heteroatoms. The van der Waals surface area contributed by atoms with Gasteiger partial charge in [0.05, 0.1) is 0 Å². The lowest BCUT2D eigenvalue weighted by Gasteiger charge is -2.14. The Balaban J connectivity index is 2.51. The SMILES string of the molecule is Cc1cc(C(O)c2c(Cl)cccc2Cl)c(C)s1. The van der Waals surface area contributed by atoms with Crippen LogP contribution in [0.15, 0.2) is 24.3 Å². The number of halogens is 2. The topological polar surface area (TPSA) is 20.2 Å². The summed E-state index contributed by atoms with van der Waals surface area (Å²) in [6.45, 7) is 4.00. The molecule has 0 aliphatic heterocycles. The van der Waals surface area contributed by atoms with Crippen molar-refractivity contribution in [1.29, 1.82) is 0 Å². The van der Waals surface area contributed by atoms with Gasteiger partial charge >= 0.3 is 0 Å². The quantitative estimate of drug-likeness (QED) is 0.844. The van der Waals surface area contributed by atoms with Crippen LogP contribution in [0, 0.1) is 13.8 Å². The van der Waals surface area contributed by atoms with Gasteiger partial charge in [-0.15, -0.1) is 11.3 Å². The molecule has 0 amide bonds. The molecule has 0 radical (unpaired) electrons. The van der Waals surface area contributed by atoms with E-state index in [0.29, 0.717) is 15.6 Å². The van der Waals surface area contributed by atoms with Gasteiger partial charge in [-0.3, -0.25) is 0 Å². The smallest absolute Gasteiger partial charge is 0.108 e. The average Bonchev–Trinajstić information content (AvgIpc) is 2.57. The highest BCUT2D eigenvalue weighted by Crippen LogP contribution is 2.37. The van der Waals surface area contributed by atoms with E-state index in [1.54, 1.807) is 29.5 Å². The van der Waals surface area contributed by atoms with Crippen molar-refractivity contribution >= 4 is 34.5 Å². The summed E-state index contributed by atoms with van der Waals surface area (Å²) in [4.78, 5) is 2.26. The third-order valence-electron chi connectivity index (χ3n) is 2.65. The first kappa shape index (κ1) is 12.9. The van der Waals surface area contributed by atoms with Crippen LogP contribution in [0.1, 0.15) is 27.0 Å². The molecule has 1 atom stereocenters. The molecular formula is C13H12Cl2OS. The summed E-state index contributed by atoms with van der Waals surface area (Å²) in [5.74, 6) is 0. The van der Waals surface area contributed by atoms with E-state index in [-0.39, 0.29) is 0 Å². The highest BCUT2D eigenvalue weighted by Gasteiger charge is 2.20. The standard InChI is InChI=1S/C13H12Cl2OS/c1-7-6-9(8(2)17-7)13(16)12-10(14)4-3-5-11(12)15/h3-6,13,16H,1-2H3. The minimum absolute atomic E-state index is 0.494. The molecule has 1 N–H and O–H groups in total. The van der Waals surface area contributed by atoms with Crippen LogP contribution >= 0.6 is 34.5 Å². The summed E-state index contributed by atoms with van der Waals surface area (Å²) < 4.78 is 0. The number of hydrogen-bond acceptors (Lipinski definition) is 2. The van der Waals surface area contributed by atoms with Gasteiger partial charge in [-0.05, 0) is 37.6 Å².